The molecule has 1 unspecified atom stereocenters. The van der Waals surface area contributed by atoms with Crippen LogP contribution in [0.2, 0.25) is 0 Å². The lowest BCUT2D eigenvalue weighted by Crippen LogP contribution is -2.47. The monoisotopic (exact) mass is 354 g/mol. The fourth-order valence-electron chi connectivity index (χ4n) is 3.67. The molecule has 0 radical (unpaired) electrons. The summed E-state index contributed by atoms with van der Waals surface area (Å²) in [4.78, 5) is 22.9. The summed E-state index contributed by atoms with van der Waals surface area (Å²) in [6.45, 7) is 7.54. The zero-order valence-corrected chi connectivity index (χ0v) is 15.2. The van der Waals surface area contributed by atoms with Gasteiger partial charge < -0.3 is 14.2 Å². The van der Waals surface area contributed by atoms with Gasteiger partial charge in [0, 0.05) is 32.8 Å². The molecule has 0 spiro atoms. The predicted molar refractivity (Wildman–Crippen MR) is 94.4 cm³/mol. The Hall–Kier alpha value is -2.74. The minimum atomic E-state index is -0.635. The first kappa shape index (κ1) is 16.7. The lowest BCUT2D eigenvalue weighted by atomic mass is 9.98. The van der Waals surface area contributed by atoms with Crippen LogP contribution in [0, 0.1) is 13.8 Å². The normalized spacial score (nSPS) is 20.7. The van der Waals surface area contributed by atoms with Crippen LogP contribution in [-0.2, 0) is 16.9 Å². The van der Waals surface area contributed by atoms with Crippen LogP contribution in [0.3, 0.4) is 0 Å². The van der Waals surface area contributed by atoms with Crippen LogP contribution in [0.5, 0.6) is 0 Å². The third-order valence-electron chi connectivity index (χ3n) is 4.82. The van der Waals surface area contributed by atoms with Crippen molar-refractivity contribution in [2.45, 2.75) is 39.3 Å². The van der Waals surface area contributed by atoms with Gasteiger partial charge in [-0.2, -0.15) is 4.98 Å². The van der Waals surface area contributed by atoms with E-state index in [9.17, 15) is 4.79 Å². The third-order valence-corrected chi connectivity index (χ3v) is 4.82. The van der Waals surface area contributed by atoms with E-state index in [1.54, 1.807) is 6.92 Å². The molecule has 136 valence electrons. The second-order valence-electron chi connectivity index (χ2n) is 7.05. The smallest absolute Gasteiger partial charge is 0.253 e. The van der Waals surface area contributed by atoms with E-state index in [0.29, 0.717) is 18.3 Å². The number of carbonyl (C=O) groups is 1. The van der Waals surface area contributed by atoms with Crippen molar-refractivity contribution in [3.8, 4) is 0 Å². The van der Waals surface area contributed by atoms with Crippen molar-refractivity contribution in [3.05, 3.63) is 47.5 Å². The van der Waals surface area contributed by atoms with Crippen LogP contribution in [0.1, 0.15) is 36.3 Å². The first-order valence-electron chi connectivity index (χ1n) is 8.70. The Morgan fingerprint density at radius 2 is 2.23 bits per heavy atom. The van der Waals surface area contributed by atoms with Gasteiger partial charge in [-0.1, -0.05) is 11.2 Å². The number of likely N-dealkylation sites (tertiary alicyclic amines) is 1. The van der Waals surface area contributed by atoms with Gasteiger partial charge in [0.1, 0.15) is 11.2 Å². The minimum Gasteiger partial charge on any atom is -0.341 e. The Labute approximate surface area is 151 Å². The molecule has 1 aliphatic rings. The summed E-state index contributed by atoms with van der Waals surface area (Å²) in [6.07, 6.45) is 4.73. The van der Waals surface area contributed by atoms with Gasteiger partial charge in [0.15, 0.2) is 5.82 Å². The van der Waals surface area contributed by atoms with Crippen LogP contribution in [0.25, 0.3) is 5.65 Å². The van der Waals surface area contributed by atoms with E-state index in [1.807, 2.05) is 12.3 Å². The summed E-state index contributed by atoms with van der Waals surface area (Å²) in [5.41, 5.74) is 2.60. The van der Waals surface area contributed by atoms with Crippen LogP contribution >= 0.6 is 0 Å². The molecule has 1 saturated heterocycles. The molecular weight excluding hydrogens is 332 g/mol. The van der Waals surface area contributed by atoms with E-state index in [2.05, 4.69) is 48.9 Å². The van der Waals surface area contributed by atoms with E-state index >= 15 is 0 Å². The molecule has 0 aromatic carbocycles. The molecule has 1 N–H and O–H groups in total. The van der Waals surface area contributed by atoms with Crippen molar-refractivity contribution < 1.29 is 9.32 Å². The largest absolute Gasteiger partial charge is 0.341 e. The maximum absolute atomic E-state index is 11.8. The number of hydrogen-bond donors (Lipinski definition) is 1. The van der Waals surface area contributed by atoms with Crippen molar-refractivity contribution >= 4 is 11.6 Å². The zero-order chi connectivity index (χ0) is 18.3. The molecule has 3 aromatic heterocycles. The number of nitrogens with zero attached hydrogens (tertiary/aromatic N) is 5. The topological polar surface area (TPSA) is 88.6 Å². The molecular formula is C18H22N6O2. The average molecular weight is 354 g/mol. The van der Waals surface area contributed by atoms with Crippen molar-refractivity contribution in [2.75, 3.05) is 13.1 Å². The quantitative estimate of drug-likeness (QED) is 0.765. The predicted octanol–water partition coefficient (Wildman–Crippen LogP) is 1.57. The number of imidazole rings is 1. The highest BCUT2D eigenvalue weighted by Crippen LogP contribution is 2.32. The van der Waals surface area contributed by atoms with Crippen LogP contribution in [0.15, 0.2) is 29.0 Å². The molecule has 1 fully saturated rings. The molecule has 1 atom stereocenters. The Bertz CT molecular complexity index is 962. The Morgan fingerprint density at radius 1 is 1.38 bits per heavy atom. The molecule has 8 nitrogen and oxygen atoms in total. The summed E-state index contributed by atoms with van der Waals surface area (Å²) in [5.74, 6) is 0.940. The highest BCUT2D eigenvalue weighted by atomic mass is 16.5. The van der Waals surface area contributed by atoms with Gasteiger partial charge in [0.05, 0.1) is 11.9 Å². The van der Waals surface area contributed by atoms with Gasteiger partial charge in [0.25, 0.3) is 5.89 Å². The number of aryl methyl sites for hydroxylation is 2. The standard InChI is InChI=1S/C18H22N6O2/c1-12-4-5-16-19-8-15(24(16)9-12)10-23-7-6-18(11-23,21-14(3)25)17-20-13(2)22-26-17/h4-5,8-9H,6-7,10-11H2,1-3H3,(H,21,25). The van der Waals surface area contributed by atoms with Crippen molar-refractivity contribution in [1.29, 1.82) is 0 Å². The van der Waals surface area contributed by atoms with Gasteiger partial charge >= 0.3 is 0 Å². The lowest BCUT2D eigenvalue weighted by Gasteiger charge is -2.26. The second-order valence-corrected chi connectivity index (χ2v) is 7.05. The van der Waals surface area contributed by atoms with E-state index in [1.165, 1.54) is 12.5 Å². The van der Waals surface area contributed by atoms with Crippen molar-refractivity contribution in [3.63, 3.8) is 0 Å². The number of hydrogen-bond acceptors (Lipinski definition) is 6. The molecule has 1 amide bonds. The van der Waals surface area contributed by atoms with Gasteiger partial charge in [-0.3, -0.25) is 9.69 Å². The summed E-state index contributed by atoms with van der Waals surface area (Å²) in [7, 11) is 0. The summed E-state index contributed by atoms with van der Waals surface area (Å²) in [5, 5.41) is 6.94. The average Bonchev–Trinajstić information content (AvgIpc) is 3.28. The number of amides is 1. The van der Waals surface area contributed by atoms with E-state index in [-0.39, 0.29) is 5.91 Å². The minimum absolute atomic E-state index is 0.104. The molecule has 8 heteroatoms. The lowest BCUT2D eigenvalue weighted by molar-refractivity contribution is -0.121. The fourth-order valence-corrected chi connectivity index (χ4v) is 3.67. The number of nitrogens with one attached hydrogen (secondary N) is 1. The van der Waals surface area contributed by atoms with Gasteiger partial charge in [-0.15, -0.1) is 0 Å². The fraction of sp³-hybridized carbons (Fsp3) is 0.444. The summed E-state index contributed by atoms with van der Waals surface area (Å²) in [6, 6.07) is 4.08. The number of rotatable bonds is 4. The maximum Gasteiger partial charge on any atom is 0.253 e. The molecule has 26 heavy (non-hydrogen) atoms. The van der Waals surface area contributed by atoms with Gasteiger partial charge in [-0.25, -0.2) is 4.98 Å². The molecule has 1 aliphatic heterocycles. The Morgan fingerprint density at radius 3 is 2.96 bits per heavy atom. The van der Waals surface area contributed by atoms with Crippen LogP contribution in [0.4, 0.5) is 0 Å². The maximum atomic E-state index is 11.8. The van der Waals surface area contributed by atoms with E-state index in [0.717, 1.165) is 30.9 Å². The molecule has 0 saturated carbocycles. The molecule has 0 bridgehead atoms. The Kier molecular flexibility index (Phi) is 3.99. The highest BCUT2D eigenvalue weighted by Gasteiger charge is 2.45. The molecule has 4 heterocycles. The summed E-state index contributed by atoms with van der Waals surface area (Å²) < 4.78 is 7.52. The molecule has 4 rings (SSSR count). The number of fused-ring (bicyclic) bond motifs is 1. The number of aromatic nitrogens is 4. The molecule has 0 aliphatic carbocycles. The number of pyridine rings is 1. The summed E-state index contributed by atoms with van der Waals surface area (Å²) >= 11 is 0. The zero-order valence-electron chi connectivity index (χ0n) is 15.2. The van der Waals surface area contributed by atoms with Gasteiger partial charge in [0.2, 0.25) is 5.91 Å². The number of carbonyl (C=O) groups excluding carboxylic acids is 1. The molecule has 3 aromatic rings. The van der Waals surface area contributed by atoms with Crippen molar-refractivity contribution in [1.82, 2.24) is 29.7 Å². The van der Waals surface area contributed by atoms with Crippen molar-refractivity contribution in [2.24, 2.45) is 0 Å². The third kappa shape index (κ3) is 2.96. The van der Waals surface area contributed by atoms with Gasteiger partial charge in [-0.05, 0) is 31.9 Å². The second kappa shape index (κ2) is 6.21. The highest BCUT2D eigenvalue weighted by molar-refractivity contribution is 5.74. The SMILES string of the molecule is CC(=O)NC1(c2nc(C)no2)CCN(Cc2cnc3ccc(C)cn23)C1. The van der Waals surface area contributed by atoms with Crippen LogP contribution < -0.4 is 5.32 Å². The van der Waals surface area contributed by atoms with Crippen LogP contribution in [-0.4, -0.2) is 43.4 Å². The Balaban J connectivity index is 1.59. The first-order valence-corrected chi connectivity index (χ1v) is 8.70. The van der Waals surface area contributed by atoms with E-state index in [4.69, 9.17) is 4.52 Å². The first-order chi connectivity index (χ1) is 12.4. The van der Waals surface area contributed by atoms with E-state index < -0.39 is 5.54 Å².